The number of carboxylic acids is 1. The molecule has 5 heteroatoms. The Labute approximate surface area is 71.9 Å². The second-order valence-electron chi connectivity index (χ2n) is 2.49. The first kappa shape index (κ1) is 11.4. The molecule has 0 spiro atoms. The van der Waals surface area contributed by atoms with Crippen molar-refractivity contribution < 1.29 is 14.6 Å². The number of aliphatic carboxylic acids is 1. The van der Waals surface area contributed by atoms with Crippen molar-refractivity contribution in [1.29, 1.82) is 0 Å². The molecule has 4 N–H and O–H groups in total. The maximum Gasteiger partial charge on any atom is 0.317 e. The van der Waals surface area contributed by atoms with Crippen molar-refractivity contribution in [3.05, 3.63) is 0 Å². The van der Waals surface area contributed by atoms with Gasteiger partial charge >= 0.3 is 5.97 Å². The summed E-state index contributed by atoms with van der Waals surface area (Å²) in [4.78, 5) is 10.2. The van der Waals surface area contributed by atoms with Crippen molar-refractivity contribution in [2.45, 2.75) is 12.5 Å². The molecule has 0 aliphatic carbocycles. The number of hydrogen-bond acceptors (Lipinski definition) is 4. The molecule has 0 aromatic heterocycles. The quantitative estimate of drug-likeness (QED) is 0.464. The van der Waals surface area contributed by atoms with E-state index < -0.39 is 5.97 Å². The van der Waals surface area contributed by atoms with Crippen LogP contribution >= 0.6 is 0 Å². The first-order valence-corrected chi connectivity index (χ1v) is 3.85. The van der Waals surface area contributed by atoms with Crippen LogP contribution in [0.5, 0.6) is 0 Å². The number of ether oxygens (including phenoxy) is 1. The summed E-state index contributed by atoms with van der Waals surface area (Å²) in [6.45, 7) is 0.969. The van der Waals surface area contributed by atoms with E-state index in [9.17, 15) is 4.79 Å². The van der Waals surface area contributed by atoms with E-state index in [2.05, 4.69) is 5.32 Å². The monoisotopic (exact) mass is 176 g/mol. The molecule has 0 aliphatic heterocycles. The Hall–Kier alpha value is -0.650. The largest absolute Gasteiger partial charge is 0.480 e. The van der Waals surface area contributed by atoms with Gasteiger partial charge in [0, 0.05) is 26.3 Å². The van der Waals surface area contributed by atoms with Crippen molar-refractivity contribution in [2.24, 2.45) is 5.73 Å². The molecule has 12 heavy (non-hydrogen) atoms. The Morgan fingerprint density at radius 2 is 2.42 bits per heavy atom. The summed E-state index contributed by atoms with van der Waals surface area (Å²) < 4.78 is 4.84. The zero-order valence-electron chi connectivity index (χ0n) is 7.25. The summed E-state index contributed by atoms with van der Waals surface area (Å²) in [5, 5.41) is 11.1. The minimum atomic E-state index is -0.870. The summed E-state index contributed by atoms with van der Waals surface area (Å²) in [6.07, 6.45) is 0.736. The first-order valence-electron chi connectivity index (χ1n) is 3.85. The number of hydrogen-bond donors (Lipinski definition) is 3. The molecular formula is C7H16N2O3. The lowest BCUT2D eigenvalue weighted by atomic mass is 10.2. The number of rotatable bonds is 7. The molecule has 0 aromatic rings. The van der Waals surface area contributed by atoms with E-state index in [4.69, 9.17) is 15.6 Å². The predicted octanol–water partition coefficient (Wildman–Crippen LogP) is -0.976. The van der Waals surface area contributed by atoms with Gasteiger partial charge in [0.05, 0.1) is 6.54 Å². The lowest BCUT2D eigenvalue weighted by Gasteiger charge is -2.14. The molecule has 5 nitrogen and oxygen atoms in total. The summed E-state index contributed by atoms with van der Waals surface area (Å²) in [7, 11) is 1.60. The van der Waals surface area contributed by atoms with Gasteiger partial charge in [-0.05, 0) is 6.42 Å². The van der Waals surface area contributed by atoms with E-state index in [-0.39, 0.29) is 12.6 Å². The minimum Gasteiger partial charge on any atom is -0.480 e. The van der Waals surface area contributed by atoms with Crippen LogP contribution in [0.4, 0.5) is 0 Å². The molecule has 0 radical (unpaired) electrons. The molecular weight excluding hydrogens is 160 g/mol. The maximum absolute atomic E-state index is 10.2. The van der Waals surface area contributed by atoms with Crippen LogP contribution in [0.3, 0.4) is 0 Å². The van der Waals surface area contributed by atoms with Crippen LogP contribution < -0.4 is 11.1 Å². The average molecular weight is 176 g/mol. The van der Waals surface area contributed by atoms with Gasteiger partial charge in [-0.3, -0.25) is 4.79 Å². The highest BCUT2D eigenvalue weighted by Crippen LogP contribution is 1.89. The number of carbonyl (C=O) groups is 1. The highest BCUT2D eigenvalue weighted by Gasteiger charge is 2.06. The van der Waals surface area contributed by atoms with Gasteiger partial charge in [-0.25, -0.2) is 0 Å². The average Bonchev–Trinajstić information content (AvgIpc) is 2.05. The van der Waals surface area contributed by atoms with Crippen molar-refractivity contribution >= 4 is 5.97 Å². The van der Waals surface area contributed by atoms with Crippen LogP contribution in [0, 0.1) is 0 Å². The number of carboxylic acid groups (broad SMARTS) is 1. The van der Waals surface area contributed by atoms with Crippen LogP contribution in [0.15, 0.2) is 0 Å². The molecule has 0 rings (SSSR count). The van der Waals surface area contributed by atoms with Crippen LogP contribution in [-0.4, -0.2) is 43.9 Å². The first-order chi connectivity index (χ1) is 5.70. The molecule has 0 aliphatic rings. The molecule has 0 bridgehead atoms. The number of nitrogens with one attached hydrogen (secondary N) is 1. The van der Waals surface area contributed by atoms with Gasteiger partial charge in [-0.2, -0.15) is 0 Å². The summed E-state index contributed by atoms with van der Waals surface area (Å²) in [5.74, 6) is -0.870. The van der Waals surface area contributed by atoms with Gasteiger partial charge in [-0.1, -0.05) is 0 Å². The second kappa shape index (κ2) is 7.02. The third-order valence-electron chi connectivity index (χ3n) is 1.50. The predicted molar refractivity (Wildman–Crippen MR) is 45.0 cm³/mol. The van der Waals surface area contributed by atoms with Gasteiger partial charge in [0.25, 0.3) is 0 Å². The van der Waals surface area contributed by atoms with Crippen molar-refractivity contribution in [2.75, 3.05) is 26.8 Å². The smallest absolute Gasteiger partial charge is 0.317 e. The zero-order valence-corrected chi connectivity index (χ0v) is 7.25. The van der Waals surface area contributed by atoms with Crippen LogP contribution in [0.1, 0.15) is 6.42 Å². The second-order valence-corrected chi connectivity index (χ2v) is 2.49. The maximum atomic E-state index is 10.2. The Balaban J connectivity index is 3.45. The van der Waals surface area contributed by atoms with Crippen LogP contribution in [0.2, 0.25) is 0 Å². The van der Waals surface area contributed by atoms with E-state index >= 15 is 0 Å². The Kier molecular flexibility index (Phi) is 6.64. The Bertz CT molecular complexity index is 130. The molecule has 1 atom stereocenters. The Morgan fingerprint density at radius 3 is 2.83 bits per heavy atom. The zero-order chi connectivity index (χ0) is 9.40. The van der Waals surface area contributed by atoms with Crippen LogP contribution in [-0.2, 0) is 9.53 Å². The SMILES string of the molecule is COCCC(CN)NCC(=O)O. The van der Waals surface area contributed by atoms with Crippen LogP contribution in [0.25, 0.3) is 0 Å². The van der Waals surface area contributed by atoms with E-state index in [1.54, 1.807) is 7.11 Å². The molecule has 0 aromatic carbocycles. The van der Waals surface area contributed by atoms with Gasteiger partial charge < -0.3 is 20.9 Å². The highest BCUT2D eigenvalue weighted by atomic mass is 16.5. The number of nitrogens with two attached hydrogens (primary N) is 1. The lowest BCUT2D eigenvalue weighted by molar-refractivity contribution is -0.136. The molecule has 0 heterocycles. The van der Waals surface area contributed by atoms with Gasteiger partial charge in [0.15, 0.2) is 0 Å². The topological polar surface area (TPSA) is 84.6 Å². The van der Waals surface area contributed by atoms with Gasteiger partial charge in [0.1, 0.15) is 0 Å². The summed E-state index contributed by atoms with van der Waals surface area (Å²) >= 11 is 0. The van der Waals surface area contributed by atoms with E-state index in [0.29, 0.717) is 13.2 Å². The van der Waals surface area contributed by atoms with E-state index in [0.717, 1.165) is 6.42 Å². The summed E-state index contributed by atoms with van der Waals surface area (Å²) in [5.41, 5.74) is 5.39. The third kappa shape index (κ3) is 6.09. The molecule has 0 fully saturated rings. The molecule has 0 saturated carbocycles. The van der Waals surface area contributed by atoms with Crippen molar-refractivity contribution in [3.63, 3.8) is 0 Å². The Morgan fingerprint density at radius 1 is 1.75 bits per heavy atom. The molecule has 0 amide bonds. The highest BCUT2D eigenvalue weighted by molar-refractivity contribution is 5.69. The van der Waals surface area contributed by atoms with Gasteiger partial charge in [0.2, 0.25) is 0 Å². The molecule has 0 saturated heterocycles. The third-order valence-corrected chi connectivity index (χ3v) is 1.50. The van der Waals surface area contributed by atoms with Crippen molar-refractivity contribution in [3.8, 4) is 0 Å². The standard InChI is InChI=1S/C7H16N2O3/c1-12-3-2-6(4-8)9-5-7(10)11/h6,9H,2-5,8H2,1H3,(H,10,11). The molecule has 72 valence electrons. The molecule has 1 unspecified atom stereocenters. The van der Waals surface area contributed by atoms with E-state index in [1.807, 2.05) is 0 Å². The minimum absolute atomic E-state index is 0.0287. The normalized spacial score (nSPS) is 12.8. The van der Waals surface area contributed by atoms with Gasteiger partial charge in [-0.15, -0.1) is 0 Å². The fourth-order valence-electron chi connectivity index (χ4n) is 0.795. The van der Waals surface area contributed by atoms with Crippen molar-refractivity contribution in [1.82, 2.24) is 5.32 Å². The summed E-state index contributed by atoms with van der Waals surface area (Å²) in [6, 6.07) is 0.0287. The number of methoxy groups -OCH3 is 1. The fourth-order valence-corrected chi connectivity index (χ4v) is 0.795. The van der Waals surface area contributed by atoms with E-state index in [1.165, 1.54) is 0 Å². The fraction of sp³-hybridized carbons (Fsp3) is 0.857. The lowest BCUT2D eigenvalue weighted by Crippen LogP contribution is -2.39.